The molecule has 1 heterocycles. The minimum atomic E-state index is -0.382. The molecule has 27 heavy (non-hydrogen) atoms. The molecule has 4 aliphatic rings. The first-order valence-electron chi connectivity index (χ1n) is 10.9. The highest BCUT2D eigenvalue weighted by Crippen LogP contribution is 2.61. The molecule has 0 saturated heterocycles. The van der Waals surface area contributed by atoms with E-state index in [0.717, 1.165) is 56.9 Å². The van der Waals surface area contributed by atoms with Crippen LogP contribution in [0.25, 0.3) is 0 Å². The van der Waals surface area contributed by atoms with Gasteiger partial charge in [0.1, 0.15) is 12.4 Å². The summed E-state index contributed by atoms with van der Waals surface area (Å²) in [5.74, 6) is 1.44. The number of hydrogen-bond acceptors (Lipinski definition) is 4. The summed E-state index contributed by atoms with van der Waals surface area (Å²) in [5.41, 5.74) is 0.831. The van der Waals surface area contributed by atoms with Crippen molar-refractivity contribution in [3.8, 4) is 0 Å². The van der Waals surface area contributed by atoms with Gasteiger partial charge in [-0.15, -0.1) is 0 Å². The molecule has 0 unspecified atom stereocenters. The number of esters is 1. The Morgan fingerprint density at radius 2 is 1.96 bits per heavy atom. The normalized spacial score (nSPS) is 45.6. The van der Waals surface area contributed by atoms with Gasteiger partial charge in [0.25, 0.3) is 0 Å². The lowest BCUT2D eigenvalue weighted by molar-refractivity contribution is -0.156. The van der Waals surface area contributed by atoms with Gasteiger partial charge in [-0.1, -0.05) is 20.8 Å². The van der Waals surface area contributed by atoms with E-state index in [9.17, 15) is 14.7 Å². The highest BCUT2D eigenvalue weighted by molar-refractivity contribution is 5.90. The van der Waals surface area contributed by atoms with Crippen molar-refractivity contribution in [2.24, 2.45) is 34.5 Å². The average molecular weight is 375 g/mol. The van der Waals surface area contributed by atoms with Crippen LogP contribution in [0.15, 0.2) is 11.6 Å². The lowest BCUT2D eigenvalue weighted by Gasteiger charge is -2.58. The minimum Gasteiger partial charge on any atom is -0.458 e. The van der Waals surface area contributed by atoms with Crippen LogP contribution in [0.2, 0.25) is 0 Å². The van der Waals surface area contributed by atoms with Gasteiger partial charge in [0, 0.05) is 17.4 Å². The van der Waals surface area contributed by atoms with Crippen LogP contribution in [-0.4, -0.2) is 29.6 Å². The average Bonchev–Trinajstić information content (AvgIpc) is 3.05. The number of hydrogen-bond donors (Lipinski definition) is 1. The molecule has 150 valence electrons. The van der Waals surface area contributed by atoms with Crippen molar-refractivity contribution in [1.29, 1.82) is 0 Å². The van der Waals surface area contributed by atoms with E-state index in [-0.39, 0.29) is 34.7 Å². The summed E-state index contributed by atoms with van der Waals surface area (Å²) in [6.07, 6.45) is 9.22. The monoisotopic (exact) mass is 374 g/mol. The molecule has 0 aromatic carbocycles. The van der Waals surface area contributed by atoms with Crippen LogP contribution in [0.4, 0.5) is 0 Å². The third-order valence-electron chi connectivity index (χ3n) is 8.85. The molecule has 3 aliphatic carbocycles. The topological polar surface area (TPSA) is 63.6 Å². The summed E-state index contributed by atoms with van der Waals surface area (Å²) in [6, 6.07) is 0. The zero-order valence-electron chi connectivity index (χ0n) is 17.0. The van der Waals surface area contributed by atoms with Crippen LogP contribution in [0.3, 0.4) is 0 Å². The van der Waals surface area contributed by atoms with E-state index in [1.54, 1.807) is 6.08 Å². The van der Waals surface area contributed by atoms with E-state index < -0.39 is 0 Å². The third kappa shape index (κ3) is 2.90. The molecule has 0 amide bonds. The van der Waals surface area contributed by atoms with E-state index in [1.165, 1.54) is 0 Å². The number of rotatable bonds is 3. The van der Waals surface area contributed by atoms with Gasteiger partial charge in [-0.05, 0) is 80.1 Å². The summed E-state index contributed by atoms with van der Waals surface area (Å²) < 4.78 is 5.16. The Balaban J connectivity index is 1.60. The molecule has 0 bridgehead atoms. The fourth-order valence-corrected chi connectivity index (χ4v) is 7.28. The first-order valence-corrected chi connectivity index (χ1v) is 10.9. The number of ether oxygens (including phenoxy) is 1. The van der Waals surface area contributed by atoms with E-state index >= 15 is 0 Å². The number of Topliss-reactive ketones (excluding diaryl/α,β-unsaturated/α-hetero) is 1. The molecular weight excluding hydrogens is 340 g/mol. The quantitative estimate of drug-likeness (QED) is 0.757. The summed E-state index contributed by atoms with van der Waals surface area (Å²) in [5, 5.41) is 10.1. The van der Waals surface area contributed by atoms with Crippen molar-refractivity contribution in [3.05, 3.63) is 11.6 Å². The number of aliphatic hydroxyl groups is 1. The largest absolute Gasteiger partial charge is 0.458 e. The molecular formula is C23H34O4. The van der Waals surface area contributed by atoms with Crippen LogP contribution in [0, 0.1) is 34.5 Å². The van der Waals surface area contributed by atoms with Crippen molar-refractivity contribution >= 4 is 11.8 Å². The maximum atomic E-state index is 13.8. The van der Waals surface area contributed by atoms with E-state index in [1.807, 2.05) is 0 Å². The van der Waals surface area contributed by atoms with Gasteiger partial charge in [0.2, 0.25) is 0 Å². The number of fused-ring (bicyclic) bond motifs is 3. The van der Waals surface area contributed by atoms with Crippen molar-refractivity contribution in [2.75, 3.05) is 6.61 Å². The van der Waals surface area contributed by atoms with Gasteiger partial charge in [-0.3, -0.25) is 4.79 Å². The van der Waals surface area contributed by atoms with Crippen LogP contribution < -0.4 is 0 Å². The van der Waals surface area contributed by atoms with Crippen LogP contribution >= 0.6 is 0 Å². The zero-order chi connectivity index (χ0) is 19.4. The molecule has 3 saturated carbocycles. The second-order valence-electron chi connectivity index (χ2n) is 10.0. The molecule has 0 aromatic heterocycles. The molecule has 7 atom stereocenters. The zero-order valence-corrected chi connectivity index (χ0v) is 17.0. The number of aliphatic hydroxyl groups excluding tert-OH is 1. The molecule has 4 rings (SSSR count). The van der Waals surface area contributed by atoms with E-state index in [4.69, 9.17) is 4.74 Å². The lowest BCUT2D eigenvalue weighted by Crippen LogP contribution is -2.56. The standard InChI is InChI=1S/C23H34O4/c1-4-18(14-11-20(25)27-13-14)23(3)10-8-19-17(21(23)26)6-5-15-12-16(24)7-9-22(15,19)2/h11,15-19,24H,4-10,12-13H2,1-3H3/t15-,16+,17-,18-,19+,22+,23-/m1/s1. The first kappa shape index (κ1) is 19.2. The van der Waals surface area contributed by atoms with Crippen LogP contribution in [0.1, 0.15) is 72.1 Å². The Morgan fingerprint density at radius 3 is 2.63 bits per heavy atom. The van der Waals surface area contributed by atoms with Crippen molar-refractivity contribution in [1.82, 2.24) is 0 Å². The Bertz CT molecular complexity index is 667. The molecule has 4 heteroatoms. The highest BCUT2D eigenvalue weighted by atomic mass is 16.5. The van der Waals surface area contributed by atoms with Gasteiger partial charge in [0.15, 0.2) is 0 Å². The summed E-state index contributed by atoms with van der Waals surface area (Å²) in [4.78, 5) is 25.4. The molecule has 3 fully saturated rings. The molecule has 1 aliphatic heterocycles. The molecule has 0 radical (unpaired) electrons. The number of carbonyl (C=O) groups excluding carboxylic acids is 2. The van der Waals surface area contributed by atoms with Crippen molar-refractivity contribution < 1.29 is 19.4 Å². The summed E-state index contributed by atoms with van der Waals surface area (Å²) in [6.45, 7) is 7.01. The Morgan fingerprint density at radius 1 is 1.19 bits per heavy atom. The second kappa shape index (κ2) is 6.72. The minimum absolute atomic E-state index is 0.108. The smallest absolute Gasteiger partial charge is 0.331 e. The Hall–Kier alpha value is -1.16. The van der Waals surface area contributed by atoms with Crippen molar-refractivity contribution in [3.63, 3.8) is 0 Å². The number of carbonyl (C=O) groups is 2. The Labute approximate surface area is 162 Å². The predicted octanol–water partition coefficient (Wildman–Crippen LogP) is 4.06. The number of ketones is 1. The second-order valence-corrected chi connectivity index (χ2v) is 10.0. The molecule has 4 nitrogen and oxygen atoms in total. The van der Waals surface area contributed by atoms with Crippen molar-refractivity contribution in [2.45, 2.75) is 78.2 Å². The summed E-state index contributed by atoms with van der Waals surface area (Å²) in [7, 11) is 0. The summed E-state index contributed by atoms with van der Waals surface area (Å²) >= 11 is 0. The maximum Gasteiger partial charge on any atom is 0.331 e. The van der Waals surface area contributed by atoms with Gasteiger partial charge >= 0.3 is 5.97 Å². The van der Waals surface area contributed by atoms with Gasteiger partial charge in [-0.25, -0.2) is 4.79 Å². The van der Waals surface area contributed by atoms with Gasteiger partial charge in [-0.2, -0.15) is 0 Å². The molecule has 1 N–H and O–H groups in total. The number of cyclic esters (lactones) is 1. The Kier molecular flexibility index (Phi) is 4.77. The van der Waals surface area contributed by atoms with Crippen LogP contribution in [0.5, 0.6) is 0 Å². The molecule has 0 spiro atoms. The maximum absolute atomic E-state index is 13.8. The fourth-order valence-electron chi connectivity index (χ4n) is 7.28. The van der Waals surface area contributed by atoms with E-state index in [2.05, 4.69) is 20.8 Å². The first-order chi connectivity index (χ1) is 12.8. The fraction of sp³-hybridized carbons (Fsp3) is 0.826. The van der Waals surface area contributed by atoms with Gasteiger partial charge in [0.05, 0.1) is 6.10 Å². The highest BCUT2D eigenvalue weighted by Gasteiger charge is 2.58. The predicted molar refractivity (Wildman–Crippen MR) is 103 cm³/mol. The van der Waals surface area contributed by atoms with E-state index in [0.29, 0.717) is 24.2 Å². The third-order valence-corrected chi connectivity index (χ3v) is 8.85. The van der Waals surface area contributed by atoms with Gasteiger partial charge < -0.3 is 9.84 Å². The molecule has 0 aromatic rings. The lowest BCUT2D eigenvalue weighted by atomic mass is 9.45. The SMILES string of the molecule is CC[C@H](C1=CC(=O)OC1)[C@@]1(C)CC[C@H]2[C@@H](CC[C@@H]3C[C@@H](O)CC[C@@]32C)C1=O. The van der Waals surface area contributed by atoms with Crippen LogP contribution in [-0.2, 0) is 14.3 Å².